The average Bonchev–Trinajstić information content (AvgIpc) is 3.11. The number of hydrogen-bond donors (Lipinski definition) is 10. The van der Waals surface area contributed by atoms with Crippen molar-refractivity contribution >= 4 is 47.6 Å². The number of rotatable bonds is 18. The zero-order chi connectivity index (χ0) is 47.0. The van der Waals surface area contributed by atoms with Gasteiger partial charge in [-0.2, -0.15) is 33.7 Å². The van der Waals surface area contributed by atoms with Gasteiger partial charge in [-0.25, -0.2) is 21.5 Å². The third-order valence-corrected chi connectivity index (χ3v) is 11.2. The second-order valence-electron chi connectivity index (χ2n) is 14.0. The van der Waals surface area contributed by atoms with Crippen LogP contribution in [0, 0.1) is 0 Å². The van der Waals surface area contributed by atoms with Gasteiger partial charge >= 0.3 is 47.6 Å². The minimum atomic E-state index is -5.67. The van der Waals surface area contributed by atoms with Crippen LogP contribution in [-0.2, 0) is 101 Å². The van der Waals surface area contributed by atoms with E-state index in [1.165, 1.54) is 6.92 Å². The largest absolute Gasteiger partial charge is 0.479 e. The van der Waals surface area contributed by atoms with Crippen LogP contribution in [0.5, 0.6) is 0 Å². The molecule has 35 heteroatoms. The van der Waals surface area contributed by atoms with Crippen LogP contribution >= 0.6 is 0 Å². The van der Waals surface area contributed by atoms with Crippen LogP contribution in [0.25, 0.3) is 0 Å². The molecule has 0 spiro atoms. The van der Waals surface area contributed by atoms with Gasteiger partial charge in [0.05, 0.1) is 18.3 Å². The summed E-state index contributed by atoms with van der Waals surface area (Å²) in [5.41, 5.74) is 0. The van der Waals surface area contributed by atoms with Crippen molar-refractivity contribution in [2.75, 3.05) is 6.61 Å². The van der Waals surface area contributed by atoms with Crippen molar-refractivity contribution in [2.24, 2.45) is 0 Å². The second-order valence-corrected chi connectivity index (χ2v) is 18.2. The maximum absolute atomic E-state index is 12.2. The quantitative estimate of drug-likeness (QED) is 0.0572. The van der Waals surface area contributed by atoms with Crippen molar-refractivity contribution in [2.45, 2.75) is 157 Å². The Bertz CT molecular complexity index is 1970. The van der Waals surface area contributed by atoms with E-state index in [0.717, 1.165) is 13.8 Å². The zero-order valence-electron chi connectivity index (χ0n) is 32.1. The van der Waals surface area contributed by atoms with Gasteiger partial charge in [0.15, 0.2) is 31.3 Å². The van der Waals surface area contributed by atoms with E-state index in [0.29, 0.717) is 6.42 Å². The maximum Gasteiger partial charge on any atom is 0.397 e. The molecule has 4 aliphatic heterocycles. The van der Waals surface area contributed by atoms with Crippen LogP contribution in [0.15, 0.2) is 0 Å². The molecular weight excluding hydrogens is 949 g/mol. The smallest absolute Gasteiger partial charge is 0.397 e. The monoisotopic (exact) mass is 994 g/mol. The summed E-state index contributed by atoms with van der Waals surface area (Å²) in [5.74, 6) is -1.96. The molecule has 0 aliphatic carbocycles. The molecule has 0 saturated carbocycles. The Kier molecular flexibility index (Phi) is 17.6. The third-order valence-electron chi connectivity index (χ3n) is 9.33. The summed E-state index contributed by atoms with van der Waals surface area (Å²) < 4.78 is 196. The highest BCUT2D eigenvalue weighted by molar-refractivity contribution is 7.81. The number of ether oxygens (including phenoxy) is 8. The first kappa shape index (κ1) is 53.0. The lowest BCUT2D eigenvalue weighted by atomic mass is 9.95. The summed E-state index contributed by atoms with van der Waals surface area (Å²) in [5, 5.41) is 64.0. The van der Waals surface area contributed by atoms with E-state index in [1.54, 1.807) is 6.92 Å². The molecule has 0 bridgehead atoms. The molecule has 0 aromatic heterocycles. The molecule has 0 radical (unpaired) electrons. The van der Waals surface area contributed by atoms with Gasteiger partial charge in [-0.15, -0.1) is 0 Å². The fourth-order valence-electron chi connectivity index (χ4n) is 6.70. The Hall–Kier alpha value is -1.57. The summed E-state index contributed by atoms with van der Waals surface area (Å²) in [6.45, 7) is 4.62. The van der Waals surface area contributed by atoms with Gasteiger partial charge in [0.2, 0.25) is 0 Å². The molecule has 364 valence electrons. The van der Waals surface area contributed by atoms with Crippen molar-refractivity contribution in [3.8, 4) is 0 Å². The fourth-order valence-corrected chi connectivity index (χ4v) is 8.84. The lowest BCUT2D eigenvalue weighted by Crippen LogP contribution is -2.68. The van der Waals surface area contributed by atoms with Gasteiger partial charge in [0.1, 0.15) is 73.2 Å². The number of hydrogen-bond acceptors (Lipinski definition) is 26. The topological polar surface area (TPSA) is 467 Å². The zero-order valence-corrected chi connectivity index (χ0v) is 35.4. The van der Waals surface area contributed by atoms with E-state index in [9.17, 15) is 87.3 Å². The number of aliphatic hydroxyl groups excluding tert-OH is 5. The predicted molar refractivity (Wildman–Crippen MR) is 186 cm³/mol. The van der Waals surface area contributed by atoms with E-state index in [4.69, 9.17) is 46.3 Å². The van der Waals surface area contributed by atoms with E-state index in [1.807, 2.05) is 0 Å². The van der Waals surface area contributed by atoms with Crippen LogP contribution in [-0.4, -0.2) is 218 Å². The summed E-state index contributed by atoms with van der Waals surface area (Å²) in [4.78, 5) is 12.0. The maximum atomic E-state index is 12.2. The van der Waals surface area contributed by atoms with E-state index >= 15 is 0 Å². The number of carboxylic acid groups (broad SMARTS) is 1. The first-order chi connectivity index (χ1) is 28.3. The molecule has 4 saturated heterocycles. The van der Waals surface area contributed by atoms with Crippen molar-refractivity contribution in [3.05, 3.63) is 0 Å². The van der Waals surface area contributed by atoms with Crippen molar-refractivity contribution in [1.29, 1.82) is 0 Å². The molecule has 20 atom stereocenters. The molecule has 62 heavy (non-hydrogen) atoms. The summed E-state index contributed by atoms with van der Waals surface area (Å²) >= 11 is 0. The van der Waals surface area contributed by atoms with Crippen LogP contribution in [0.3, 0.4) is 0 Å². The molecule has 4 fully saturated rings. The van der Waals surface area contributed by atoms with Gasteiger partial charge in [-0.3, -0.25) is 18.2 Å². The van der Waals surface area contributed by atoms with Crippen LogP contribution in [0.2, 0.25) is 0 Å². The van der Waals surface area contributed by atoms with E-state index < -0.39 is 170 Å². The van der Waals surface area contributed by atoms with Gasteiger partial charge in [0, 0.05) is 6.61 Å². The minimum absolute atomic E-state index is 0.0886. The van der Waals surface area contributed by atoms with Crippen molar-refractivity contribution in [3.63, 3.8) is 0 Å². The van der Waals surface area contributed by atoms with Gasteiger partial charge in [0.25, 0.3) is 0 Å². The Morgan fingerprint density at radius 1 is 0.468 bits per heavy atom. The van der Waals surface area contributed by atoms with E-state index in [2.05, 4.69) is 8.37 Å². The first-order valence-corrected chi connectivity index (χ1v) is 23.2. The van der Waals surface area contributed by atoms with Crippen LogP contribution in [0.4, 0.5) is 0 Å². The van der Waals surface area contributed by atoms with Crippen molar-refractivity contribution in [1.82, 2.24) is 0 Å². The summed E-state index contributed by atoms with van der Waals surface area (Å²) in [6, 6.07) is 0. The SMILES string of the molecule is CCCO[C@H]1O[C@H](C)[C@H](OS(=O)(=O)O)[C@H](O[C@H]2O[C@H](C)[C@H](OS(=O)(=O)O)[C@H](O[C@H]3O[C@H](C)[C@H](OS(=O)(=O)O)[C@H](OS(=O)(=O)O)[C@H]3O)[C@H]2O[C@H]2O[C@H](C(=O)O)[C@@H](O)[C@H](O)[C@H]2O)[C@H]1O. The Morgan fingerprint density at radius 2 is 0.839 bits per heavy atom. The summed E-state index contributed by atoms with van der Waals surface area (Å²) in [7, 11) is -22.3. The Balaban J connectivity index is 1.90. The molecular formula is C27H46O31S4. The van der Waals surface area contributed by atoms with Gasteiger partial charge in [-0.05, 0) is 27.2 Å². The molecule has 0 aromatic carbocycles. The molecule has 4 rings (SSSR count). The molecule has 0 amide bonds. The standard InChI is InChI=1S/C27H46O31S4/c1-5-6-47-24-13(31)18(15(7(2)48-24)55-59(35,36)37)51-27-22(54-25-12(30)10(28)11(29)20(52-25)23(33)34)21(17(9(4)50-27)57-61(41,42)43)53-26-14(32)19(58-62(44,45)46)16(8(3)49-26)56-60(38,39)40/h7-22,24-32H,5-6H2,1-4H3,(H,33,34)(H,35,36,37)(H,38,39,40)(H,41,42,43)(H,44,45,46)/t7-,8-,9-,10+,11+,12-,13-,14-,15+,16+,17+,18-,19-,20+,21+,22-,24+,25-,26-,27-/m1/s1. The molecule has 10 N–H and O–H groups in total. The molecule has 4 aliphatic rings. The molecule has 0 unspecified atom stereocenters. The number of carboxylic acids is 1. The third kappa shape index (κ3) is 13.7. The second kappa shape index (κ2) is 20.5. The predicted octanol–water partition coefficient (Wildman–Crippen LogP) is -5.83. The molecule has 0 aromatic rings. The number of aliphatic carboxylic acids is 1. The highest BCUT2D eigenvalue weighted by atomic mass is 32.3. The average molecular weight is 995 g/mol. The Morgan fingerprint density at radius 3 is 1.31 bits per heavy atom. The Labute approximate surface area is 352 Å². The van der Waals surface area contributed by atoms with Gasteiger partial charge < -0.3 is 68.5 Å². The fraction of sp³-hybridized carbons (Fsp3) is 0.963. The van der Waals surface area contributed by atoms with Crippen LogP contribution in [0.1, 0.15) is 34.1 Å². The normalized spacial score (nSPS) is 42.7. The lowest BCUT2D eigenvalue weighted by Gasteiger charge is -2.50. The lowest BCUT2D eigenvalue weighted by molar-refractivity contribution is -0.398. The first-order valence-electron chi connectivity index (χ1n) is 17.8. The highest BCUT2D eigenvalue weighted by Crippen LogP contribution is 2.39. The summed E-state index contributed by atoms with van der Waals surface area (Å²) in [6.07, 6.45) is -44.8. The van der Waals surface area contributed by atoms with Crippen LogP contribution < -0.4 is 0 Å². The molecule has 31 nitrogen and oxygen atoms in total. The highest BCUT2D eigenvalue weighted by Gasteiger charge is 2.59. The number of aliphatic hydroxyl groups is 5. The molecule has 4 heterocycles. The van der Waals surface area contributed by atoms with Crippen molar-refractivity contribution < 1.29 is 142 Å². The van der Waals surface area contributed by atoms with Gasteiger partial charge in [-0.1, -0.05) is 6.92 Å². The number of carbonyl (C=O) groups is 1. The minimum Gasteiger partial charge on any atom is -0.479 e. The van der Waals surface area contributed by atoms with E-state index in [-0.39, 0.29) is 6.61 Å².